The molecule has 88 valence electrons. The van der Waals surface area contributed by atoms with Gasteiger partial charge in [0.2, 0.25) is 0 Å². The van der Waals surface area contributed by atoms with Crippen LogP contribution in [0.15, 0.2) is 18.2 Å². The van der Waals surface area contributed by atoms with Gasteiger partial charge in [0.15, 0.2) is 6.10 Å². The molecule has 0 radical (unpaired) electrons. The topological polar surface area (TPSA) is 72.6 Å². The van der Waals surface area contributed by atoms with Gasteiger partial charge in [-0.25, -0.2) is 4.39 Å². The van der Waals surface area contributed by atoms with E-state index in [0.717, 1.165) is 6.07 Å². The number of benzene rings is 1. The van der Waals surface area contributed by atoms with Gasteiger partial charge in [0, 0.05) is 11.6 Å². The molecular formula is C11H14FNO3. The van der Waals surface area contributed by atoms with E-state index in [1.807, 2.05) is 0 Å². The molecule has 4 nitrogen and oxygen atoms in total. The zero-order chi connectivity index (χ0) is 12.3. The van der Waals surface area contributed by atoms with Crippen LogP contribution in [0.2, 0.25) is 0 Å². The van der Waals surface area contributed by atoms with Crippen molar-refractivity contribution >= 4 is 5.91 Å². The number of aliphatic hydroxyl groups is 1. The SMILES string of the molecule is CC(Oc1ccc([C@H](C)O)c(F)c1)C(N)=O. The highest BCUT2D eigenvalue weighted by Gasteiger charge is 2.13. The van der Waals surface area contributed by atoms with E-state index in [2.05, 4.69) is 0 Å². The van der Waals surface area contributed by atoms with Gasteiger partial charge >= 0.3 is 0 Å². The summed E-state index contributed by atoms with van der Waals surface area (Å²) in [6, 6.07) is 4.00. The van der Waals surface area contributed by atoms with E-state index in [9.17, 15) is 14.3 Å². The van der Waals surface area contributed by atoms with Crippen LogP contribution < -0.4 is 10.5 Å². The number of aliphatic hydroxyl groups excluding tert-OH is 1. The van der Waals surface area contributed by atoms with Crippen molar-refractivity contribution in [3.8, 4) is 5.75 Å². The minimum atomic E-state index is -0.886. The van der Waals surface area contributed by atoms with Crippen LogP contribution in [-0.4, -0.2) is 17.1 Å². The number of primary amides is 1. The first-order valence-electron chi connectivity index (χ1n) is 4.85. The lowest BCUT2D eigenvalue weighted by atomic mass is 10.1. The van der Waals surface area contributed by atoms with E-state index >= 15 is 0 Å². The van der Waals surface area contributed by atoms with Crippen molar-refractivity contribution in [3.63, 3.8) is 0 Å². The van der Waals surface area contributed by atoms with Crippen molar-refractivity contribution < 1.29 is 19.0 Å². The minimum Gasteiger partial charge on any atom is -0.481 e. The Morgan fingerprint density at radius 3 is 2.56 bits per heavy atom. The maximum Gasteiger partial charge on any atom is 0.258 e. The lowest BCUT2D eigenvalue weighted by Gasteiger charge is -2.13. The second-order valence-electron chi connectivity index (χ2n) is 3.52. The van der Waals surface area contributed by atoms with Gasteiger partial charge in [-0.2, -0.15) is 0 Å². The Bertz CT molecular complexity index is 393. The summed E-state index contributed by atoms with van der Waals surface area (Å²) in [6.07, 6.45) is -1.71. The van der Waals surface area contributed by atoms with E-state index in [1.54, 1.807) is 0 Å². The summed E-state index contributed by atoms with van der Waals surface area (Å²) < 4.78 is 18.5. The predicted octanol–water partition coefficient (Wildman–Crippen LogP) is 1.13. The fourth-order valence-corrected chi connectivity index (χ4v) is 1.18. The van der Waals surface area contributed by atoms with Gasteiger partial charge in [-0.3, -0.25) is 4.79 Å². The third kappa shape index (κ3) is 2.93. The molecule has 1 aromatic rings. The highest BCUT2D eigenvalue weighted by molar-refractivity contribution is 5.78. The zero-order valence-electron chi connectivity index (χ0n) is 9.11. The number of hydrogen-bond donors (Lipinski definition) is 2. The monoisotopic (exact) mass is 227 g/mol. The number of nitrogens with two attached hydrogens (primary N) is 1. The summed E-state index contributed by atoms with van der Waals surface area (Å²) in [5, 5.41) is 9.21. The van der Waals surface area contributed by atoms with E-state index in [4.69, 9.17) is 10.5 Å². The fraction of sp³-hybridized carbons (Fsp3) is 0.364. The van der Waals surface area contributed by atoms with Crippen LogP contribution in [0.25, 0.3) is 0 Å². The molecule has 0 saturated carbocycles. The number of ether oxygens (including phenoxy) is 1. The Labute approximate surface area is 92.8 Å². The number of rotatable bonds is 4. The highest BCUT2D eigenvalue weighted by Crippen LogP contribution is 2.22. The van der Waals surface area contributed by atoms with Crippen molar-refractivity contribution in [2.45, 2.75) is 26.1 Å². The molecule has 0 aliphatic heterocycles. The zero-order valence-corrected chi connectivity index (χ0v) is 9.11. The average Bonchev–Trinajstić information content (AvgIpc) is 2.16. The minimum absolute atomic E-state index is 0.180. The third-order valence-electron chi connectivity index (χ3n) is 2.14. The lowest BCUT2D eigenvalue weighted by Crippen LogP contribution is -2.30. The number of hydrogen-bond acceptors (Lipinski definition) is 3. The molecule has 1 unspecified atom stereocenters. The lowest BCUT2D eigenvalue weighted by molar-refractivity contribution is -0.123. The summed E-state index contributed by atoms with van der Waals surface area (Å²) in [4.78, 5) is 10.7. The molecule has 3 N–H and O–H groups in total. The maximum absolute atomic E-state index is 13.4. The van der Waals surface area contributed by atoms with Crippen LogP contribution in [0.1, 0.15) is 25.5 Å². The van der Waals surface area contributed by atoms with Crippen LogP contribution in [0.4, 0.5) is 4.39 Å². The molecule has 0 heterocycles. The summed E-state index contributed by atoms with van der Waals surface area (Å²) >= 11 is 0. The number of halogens is 1. The van der Waals surface area contributed by atoms with Gasteiger partial charge in [0.1, 0.15) is 11.6 Å². The molecule has 0 aromatic heterocycles. The Balaban J connectivity index is 2.85. The molecule has 0 spiro atoms. The quantitative estimate of drug-likeness (QED) is 0.809. The van der Waals surface area contributed by atoms with Crippen molar-refractivity contribution in [1.29, 1.82) is 0 Å². The molecule has 5 heteroatoms. The smallest absolute Gasteiger partial charge is 0.258 e. The molecule has 0 aliphatic carbocycles. The summed E-state index contributed by atoms with van der Waals surface area (Å²) in [5.41, 5.74) is 5.18. The summed E-state index contributed by atoms with van der Waals surface area (Å²) in [5.74, 6) is -1.00. The molecule has 1 aromatic carbocycles. The largest absolute Gasteiger partial charge is 0.481 e. The summed E-state index contributed by atoms with van der Waals surface area (Å²) in [7, 11) is 0. The first kappa shape index (κ1) is 12.4. The van der Waals surface area contributed by atoms with Crippen molar-refractivity contribution in [3.05, 3.63) is 29.6 Å². The van der Waals surface area contributed by atoms with Gasteiger partial charge in [-0.1, -0.05) is 0 Å². The number of carbonyl (C=O) groups is 1. The standard InChI is InChI=1S/C11H14FNO3/c1-6(14)9-4-3-8(5-10(9)12)16-7(2)11(13)15/h3-7,14H,1-2H3,(H2,13,15)/t6-,7?/m0/s1. The third-order valence-corrected chi connectivity index (χ3v) is 2.14. The van der Waals surface area contributed by atoms with E-state index in [-0.39, 0.29) is 11.3 Å². The van der Waals surface area contributed by atoms with Gasteiger partial charge in [-0.15, -0.1) is 0 Å². The first-order chi connectivity index (χ1) is 7.41. The Morgan fingerprint density at radius 2 is 2.12 bits per heavy atom. The second kappa shape index (κ2) is 4.94. The molecule has 0 bridgehead atoms. The summed E-state index contributed by atoms with van der Waals surface area (Å²) in [6.45, 7) is 2.94. The van der Waals surface area contributed by atoms with Crippen molar-refractivity contribution in [2.75, 3.05) is 0 Å². The molecule has 1 rings (SSSR count). The maximum atomic E-state index is 13.4. The molecule has 1 amide bonds. The molecule has 16 heavy (non-hydrogen) atoms. The average molecular weight is 227 g/mol. The molecule has 0 saturated heterocycles. The van der Waals surface area contributed by atoms with E-state index in [1.165, 1.54) is 26.0 Å². The number of amides is 1. The van der Waals surface area contributed by atoms with Crippen LogP contribution in [-0.2, 0) is 4.79 Å². The Morgan fingerprint density at radius 1 is 1.50 bits per heavy atom. The normalized spacial score (nSPS) is 14.2. The van der Waals surface area contributed by atoms with Gasteiger partial charge in [0.25, 0.3) is 5.91 Å². The van der Waals surface area contributed by atoms with Crippen LogP contribution in [0, 0.1) is 5.82 Å². The Kier molecular flexibility index (Phi) is 3.84. The fourth-order valence-electron chi connectivity index (χ4n) is 1.18. The van der Waals surface area contributed by atoms with E-state index in [0.29, 0.717) is 0 Å². The Hall–Kier alpha value is -1.62. The van der Waals surface area contributed by atoms with Crippen molar-refractivity contribution in [2.24, 2.45) is 5.73 Å². The van der Waals surface area contributed by atoms with Crippen LogP contribution >= 0.6 is 0 Å². The van der Waals surface area contributed by atoms with Gasteiger partial charge in [-0.05, 0) is 26.0 Å². The highest BCUT2D eigenvalue weighted by atomic mass is 19.1. The van der Waals surface area contributed by atoms with Gasteiger partial charge in [0.05, 0.1) is 6.10 Å². The van der Waals surface area contributed by atoms with Crippen molar-refractivity contribution in [1.82, 2.24) is 0 Å². The van der Waals surface area contributed by atoms with Crippen LogP contribution in [0.5, 0.6) is 5.75 Å². The molecule has 0 aliphatic rings. The predicted molar refractivity (Wildman–Crippen MR) is 56.3 cm³/mol. The van der Waals surface area contributed by atoms with Gasteiger partial charge < -0.3 is 15.6 Å². The first-order valence-corrected chi connectivity index (χ1v) is 4.85. The van der Waals surface area contributed by atoms with E-state index < -0.39 is 23.9 Å². The van der Waals surface area contributed by atoms with Crippen LogP contribution in [0.3, 0.4) is 0 Å². The number of carbonyl (C=O) groups excluding carboxylic acids is 1. The molecule has 2 atom stereocenters. The molecular weight excluding hydrogens is 213 g/mol. The second-order valence-corrected chi connectivity index (χ2v) is 3.52. The molecule has 0 fully saturated rings.